The zero-order valence-electron chi connectivity index (χ0n) is 9.95. The Morgan fingerprint density at radius 2 is 2.29 bits per heavy atom. The van der Waals surface area contributed by atoms with E-state index in [1.807, 2.05) is 0 Å². The summed E-state index contributed by atoms with van der Waals surface area (Å²) in [6.07, 6.45) is 1.90. The molecule has 1 fully saturated rings. The first kappa shape index (κ1) is 12.0. The van der Waals surface area contributed by atoms with Crippen LogP contribution in [0.1, 0.15) is 28.8 Å². The molecule has 2 rings (SSSR count). The number of amides is 1. The maximum atomic E-state index is 13.1. The Balaban J connectivity index is 2.15. The second-order valence-electron chi connectivity index (χ2n) is 4.62. The third kappa shape index (κ3) is 2.64. The zero-order chi connectivity index (χ0) is 12.4. The largest absolute Gasteiger partial charge is 0.337 e. The topological polar surface area (TPSA) is 46.3 Å². The Labute approximate surface area is 100 Å². The average molecular weight is 236 g/mol. The minimum Gasteiger partial charge on any atom is -0.337 e. The number of carbonyl (C=O) groups is 1. The highest BCUT2D eigenvalue weighted by Gasteiger charge is 2.22. The van der Waals surface area contributed by atoms with E-state index in [1.165, 1.54) is 12.1 Å². The Morgan fingerprint density at radius 3 is 2.94 bits per heavy atom. The molecule has 1 atom stereocenters. The van der Waals surface area contributed by atoms with E-state index >= 15 is 0 Å². The summed E-state index contributed by atoms with van der Waals surface area (Å²) in [4.78, 5) is 13.9. The Bertz CT molecular complexity index is 433. The minimum atomic E-state index is -0.281. The van der Waals surface area contributed by atoms with Crippen LogP contribution < -0.4 is 5.73 Å². The van der Waals surface area contributed by atoms with Crippen LogP contribution >= 0.6 is 0 Å². The van der Waals surface area contributed by atoms with E-state index in [2.05, 4.69) is 0 Å². The van der Waals surface area contributed by atoms with Crippen LogP contribution in [0.15, 0.2) is 18.2 Å². The number of hydrogen-bond acceptors (Lipinski definition) is 2. The molecule has 1 saturated heterocycles. The quantitative estimate of drug-likeness (QED) is 0.806. The number of aryl methyl sites for hydroxylation is 1. The highest BCUT2D eigenvalue weighted by Crippen LogP contribution is 2.15. The molecule has 1 aliphatic heterocycles. The first-order chi connectivity index (χ1) is 8.08. The van der Waals surface area contributed by atoms with Crippen molar-refractivity contribution < 1.29 is 9.18 Å². The van der Waals surface area contributed by atoms with E-state index in [0.29, 0.717) is 17.7 Å². The number of halogens is 1. The van der Waals surface area contributed by atoms with E-state index in [9.17, 15) is 9.18 Å². The van der Waals surface area contributed by atoms with Gasteiger partial charge in [-0.3, -0.25) is 4.79 Å². The molecule has 1 aliphatic rings. The van der Waals surface area contributed by atoms with Crippen molar-refractivity contribution in [2.45, 2.75) is 25.8 Å². The van der Waals surface area contributed by atoms with Crippen molar-refractivity contribution >= 4 is 5.91 Å². The monoisotopic (exact) mass is 236 g/mol. The third-order valence-electron chi connectivity index (χ3n) is 3.15. The molecule has 3 nitrogen and oxygen atoms in total. The molecule has 1 aromatic carbocycles. The fourth-order valence-corrected chi connectivity index (χ4v) is 2.15. The summed E-state index contributed by atoms with van der Waals surface area (Å²) in [5.74, 6) is -0.333. The number of carbonyl (C=O) groups excluding carboxylic acids is 1. The normalized spacial score (nSPS) is 20.4. The van der Waals surface area contributed by atoms with Crippen LogP contribution in [0.3, 0.4) is 0 Å². The van der Waals surface area contributed by atoms with Gasteiger partial charge in [0, 0.05) is 24.7 Å². The summed E-state index contributed by atoms with van der Waals surface area (Å²) in [6, 6.07) is 4.53. The third-order valence-corrected chi connectivity index (χ3v) is 3.15. The van der Waals surface area contributed by atoms with Gasteiger partial charge in [0.05, 0.1) is 0 Å². The number of benzene rings is 1. The van der Waals surface area contributed by atoms with Gasteiger partial charge in [0.25, 0.3) is 5.91 Å². The Morgan fingerprint density at radius 1 is 1.53 bits per heavy atom. The lowest BCUT2D eigenvalue weighted by molar-refractivity contribution is 0.0708. The molecule has 92 valence electrons. The smallest absolute Gasteiger partial charge is 0.253 e. The Kier molecular flexibility index (Phi) is 3.43. The number of nitrogens with two attached hydrogens (primary N) is 1. The van der Waals surface area contributed by atoms with Crippen molar-refractivity contribution in [2.75, 3.05) is 13.1 Å². The van der Waals surface area contributed by atoms with Crippen molar-refractivity contribution in [3.8, 4) is 0 Å². The van der Waals surface area contributed by atoms with Crippen LogP contribution in [-0.4, -0.2) is 29.9 Å². The second kappa shape index (κ2) is 4.84. The van der Waals surface area contributed by atoms with Crippen LogP contribution in [0.5, 0.6) is 0 Å². The summed E-state index contributed by atoms with van der Waals surface area (Å²) in [6.45, 7) is 2.99. The van der Waals surface area contributed by atoms with Crippen molar-refractivity contribution in [3.63, 3.8) is 0 Å². The molecule has 0 spiro atoms. The number of rotatable bonds is 1. The van der Waals surface area contributed by atoms with Gasteiger partial charge in [-0.2, -0.15) is 0 Å². The number of piperidine rings is 1. The van der Waals surface area contributed by atoms with Crippen LogP contribution in [0, 0.1) is 12.7 Å². The van der Waals surface area contributed by atoms with Gasteiger partial charge in [0.15, 0.2) is 0 Å². The first-order valence-electron chi connectivity index (χ1n) is 5.89. The number of likely N-dealkylation sites (tertiary alicyclic amines) is 1. The van der Waals surface area contributed by atoms with Crippen molar-refractivity contribution in [1.82, 2.24) is 4.90 Å². The number of nitrogens with zero attached hydrogens (tertiary/aromatic N) is 1. The maximum Gasteiger partial charge on any atom is 0.253 e. The van der Waals surface area contributed by atoms with Gasteiger partial charge >= 0.3 is 0 Å². The van der Waals surface area contributed by atoms with Gasteiger partial charge in [-0.25, -0.2) is 4.39 Å². The summed E-state index contributed by atoms with van der Waals surface area (Å²) in [5, 5.41) is 0. The summed E-state index contributed by atoms with van der Waals surface area (Å²) < 4.78 is 13.1. The lowest BCUT2D eigenvalue weighted by Gasteiger charge is -2.30. The lowest BCUT2D eigenvalue weighted by atomic mass is 10.0. The standard InChI is InChI=1S/C13H17FN2O/c1-9-7-10(4-5-12(9)14)13(17)16-6-2-3-11(15)8-16/h4-5,7,11H,2-3,6,8,15H2,1H3/t11-/m1/s1. The van der Waals surface area contributed by atoms with Gasteiger partial charge in [-0.1, -0.05) is 0 Å². The molecule has 2 N–H and O–H groups in total. The molecule has 0 unspecified atom stereocenters. The molecule has 1 heterocycles. The molecule has 0 saturated carbocycles. The van der Waals surface area contributed by atoms with Crippen LogP contribution in [-0.2, 0) is 0 Å². The van der Waals surface area contributed by atoms with Crippen molar-refractivity contribution in [3.05, 3.63) is 35.1 Å². The summed E-state index contributed by atoms with van der Waals surface area (Å²) in [5.41, 5.74) is 6.88. The molecule has 1 amide bonds. The first-order valence-corrected chi connectivity index (χ1v) is 5.89. The molecule has 0 aliphatic carbocycles. The Hall–Kier alpha value is -1.42. The summed E-state index contributed by atoms with van der Waals surface area (Å²) >= 11 is 0. The van der Waals surface area contributed by atoms with E-state index in [1.54, 1.807) is 17.9 Å². The van der Waals surface area contributed by atoms with E-state index in [-0.39, 0.29) is 17.8 Å². The van der Waals surface area contributed by atoms with Crippen LogP contribution in [0.25, 0.3) is 0 Å². The van der Waals surface area contributed by atoms with Crippen molar-refractivity contribution in [2.24, 2.45) is 5.73 Å². The van der Waals surface area contributed by atoms with Gasteiger partial charge in [-0.05, 0) is 43.5 Å². The average Bonchev–Trinajstić information content (AvgIpc) is 2.32. The molecular weight excluding hydrogens is 219 g/mol. The van der Waals surface area contributed by atoms with Crippen LogP contribution in [0.4, 0.5) is 4.39 Å². The highest BCUT2D eigenvalue weighted by atomic mass is 19.1. The molecular formula is C13H17FN2O. The molecule has 17 heavy (non-hydrogen) atoms. The SMILES string of the molecule is Cc1cc(C(=O)N2CCC[C@@H](N)C2)ccc1F. The van der Waals surface area contributed by atoms with Crippen molar-refractivity contribution in [1.29, 1.82) is 0 Å². The second-order valence-corrected chi connectivity index (χ2v) is 4.62. The predicted octanol–water partition coefficient (Wildman–Crippen LogP) is 1.70. The lowest BCUT2D eigenvalue weighted by Crippen LogP contribution is -2.45. The van der Waals surface area contributed by atoms with E-state index < -0.39 is 0 Å². The highest BCUT2D eigenvalue weighted by molar-refractivity contribution is 5.94. The van der Waals surface area contributed by atoms with Gasteiger partial charge in [0.1, 0.15) is 5.82 Å². The molecule has 0 radical (unpaired) electrons. The predicted molar refractivity (Wildman–Crippen MR) is 64.2 cm³/mol. The van der Waals surface area contributed by atoms with Gasteiger partial charge in [0.2, 0.25) is 0 Å². The van der Waals surface area contributed by atoms with Gasteiger partial charge < -0.3 is 10.6 Å². The molecule has 0 bridgehead atoms. The molecule has 1 aromatic rings. The minimum absolute atomic E-state index is 0.0525. The molecule has 4 heteroatoms. The van der Waals surface area contributed by atoms with Crippen LogP contribution in [0.2, 0.25) is 0 Å². The zero-order valence-corrected chi connectivity index (χ0v) is 9.95. The van der Waals surface area contributed by atoms with Gasteiger partial charge in [-0.15, -0.1) is 0 Å². The number of hydrogen-bond donors (Lipinski definition) is 1. The van der Waals surface area contributed by atoms with E-state index in [0.717, 1.165) is 19.4 Å². The maximum absolute atomic E-state index is 13.1. The fraction of sp³-hybridized carbons (Fsp3) is 0.462. The summed E-state index contributed by atoms with van der Waals surface area (Å²) in [7, 11) is 0. The van der Waals surface area contributed by atoms with E-state index in [4.69, 9.17) is 5.73 Å². The molecule has 0 aromatic heterocycles. The fourth-order valence-electron chi connectivity index (χ4n) is 2.15.